The molecular formula is C14H19NO2. The average molecular weight is 233 g/mol. The molecule has 0 saturated heterocycles. The number of likely N-dealkylation sites (N-methyl/N-ethyl adjacent to an activating group) is 1. The van der Waals surface area contributed by atoms with E-state index in [9.17, 15) is 4.79 Å². The minimum absolute atomic E-state index is 0.0960. The van der Waals surface area contributed by atoms with Gasteiger partial charge in [0.15, 0.2) is 5.78 Å². The van der Waals surface area contributed by atoms with Gasteiger partial charge in [-0.1, -0.05) is 0 Å². The second-order valence-electron chi connectivity index (χ2n) is 5.13. The Balaban J connectivity index is 2.39. The summed E-state index contributed by atoms with van der Waals surface area (Å²) in [6.07, 6.45) is 0.889. The molecule has 0 aromatic heterocycles. The number of hydrogen-bond acceptors (Lipinski definition) is 3. The monoisotopic (exact) mass is 233 g/mol. The summed E-state index contributed by atoms with van der Waals surface area (Å²) in [6.45, 7) is 5.75. The van der Waals surface area contributed by atoms with Crippen LogP contribution in [0.4, 0.5) is 0 Å². The lowest BCUT2D eigenvalue weighted by molar-refractivity contribution is 0.0516. The fourth-order valence-corrected chi connectivity index (χ4v) is 2.33. The first-order valence-corrected chi connectivity index (χ1v) is 5.94. The van der Waals surface area contributed by atoms with Gasteiger partial charge in [0.1, 0.15) is 11.4 Å². The standard InChI is InChI=1S/C14H19NO2/c1-9(16)10-5-6-12-11(7-10)8-13(15-4)14(2,3)17-12/h5-7,13,15H,8H2,1-4H3. The van der Waals surface area contributed by atoms with Crippen LogP contribution in [0.25, 0.3) is 0 Å². The summed E-state index contributed by atoms with van der Waals surface area (Å²) in [5, 5.41) is 3.27. The van der Waals surface area contributed by atoms with E-state index in [0.29, 0.717) is 0 Å². The third-order valence-corrected chi connectivity index (χ3v) is 3.45. The second kappa shape index (κ2) is 4.15. The molecule has 3 nitrogen and oxygen atoms in total. The normalized spacial score (nSPS) is 21.5. The molecule has 1 atom stereocenters. The lowest BCUT2D eigenvalue weighted by Crippen LogP contribution is -2.53. The highest BCUT2D eigenvalue weighted by Crippen LogP contribution is 2.33. The number of nitrogens with one attached hydrogen (secondary N) is 1. The van der Waals surface area contributed by atoms with E-state index < -0.39 is 0 Å². The minimum atomic E-state index is -0.223. The number of fused-ring (bicyclic) bond motifs is 1. The molecule has 0 saturated carbocycles. The molecule has 1 aromatic carbocycles. The molecule has 0 fully saturated rings. The van der Waals surface area contributed by atoms with E-state index in [-0.39, 0.29) is 17.4 Å². The third-order valence-electron chi connectivity index (χ3n) is 3.45. The molecule has 1 aliphatic heterocycles. The van der Waals surface area contributed by atoms with Gasteiger partial charge in [0.25, 0.3) is 0 Å². The maximum atomic E-state index is 11.4. The van der Waals surface area contributed by atoms with E-state index in [0.717, 1.165) is 23.3 Å². The van der Waals surface area contributed by atoms with Crippen LogP contribution in [0, 0.1) is 0 Å². The smallest absolute Gasteiger partial charge is 0.159 e. The highest BCUT2D eigenvalue weighted by atomic mass is 16.5. The summed E-state index contributed by atoms with van der Waals surface area (Å²) in [5.74, 6) is 0.991. The van der Waals surface area contributed by atoms with E-state index >= 15 is 0 Å². The molecule has 92 valence electrons. The van der Waals surface area contributed by atoms with Crippen LogP contribution in [0.1, 0.15) is 36.7 Å². The Labute approximate surface area is 102 Å². The zero-order valence-corrected chi connectivity index (χ0v) is 10.8. The van der Waals surface area contributed by atoms with Gasteiger partial charge in [-0.3, -0.25) is 4.79 Å². The van der Waals surface area contributed by atoms with Crippen molar-refractivity contribution in [3.05, 3.63) is 29.3 Å². The van der Waals surface area contributed by atoms with E-state index in [4.69, 9.17) is 4.74 Å². The van der Waals surface area contributed by atoms with Gasteiger partial charge in [0.05, 0.1) is 6.04 Å². The maximum Gasteiger partial charge on any atom is 0.159 e. The summed E-state index contributed by atoms with van der Waals surface area (Å²) in [5.41, 5.74) is 1.64. The summed E-state index contributed by atoms with van der Waals surface area (Å²) < 4.78 is 5.98. The van der Waals surface area contributed by atoms with Crippen molar-refractivity contribution < 1.29 is 9.53 Å². The van der Waals surface area contributed by atoms with Gasteiger partial charge < -0.3 is 10.1 Å². The number of benzene rings is 1. The topological polar surface area (TPSA) is 38.3 Å². The number of carbonyl (C=O) groups excluding carboxylic acids is 1. The molecule has 1 unspecified atom stereocenters. The highest BCUT2D eigenvalue weighted by Gasteiger charge is 2.35. The summed E-state index contributed by atoms with van der Waals surface area (Å²) in [4.78, 5) is 11.4. The van der Waals surface area contributed by atoms with Crippen LogP contribution in [0.5, 0.6) is 5.75 Å². The zero-order valence-electron chi connectivity index (χ0n) is 10.8. The first-order valence-electron chi connectivity index (χ1n) is 5.94. The Kier molecular flexibility index (Phi) is 2.96. The van der Waals surface area contributed by atoms with Crippen LogP contribution in [-0.4, -0.2) is 24.5 Å². The Morgan fingerprint density at radius 1 is 1.47 bits per heavy atom. The minimum Gasteiger partial charge on any atom is -0.486 e. The SMILES string of the molecule is CNC1Cc2cc(C(C)=O)ccc2OC1(C)C. The largest absolute Gasteiger partial charge is 0.486 e. The lowest BCUT2D eigenvalue weighted by Gasteiger charge is -2.40. The van der Waals surface area contributed by atoms with Crippen molar-refractivity contribution in [3.63, 3.8) is 0 Å². The maximum absolute atomic E-state index is 11.4. The number of hydrogen-bond donors (Lipinski definition) is 1. The first-order chi connectivity index (χ1) is 7.94. The fraction of sp³-hybridized carbons (Fsp3) is 0.500. The number of rotatable bonds is 2. The van der Waals surface area contributed by atoms with Gasteiger partial charge in [-0.25, -0.2) is 0 Å². The van der Waals surface area contributed by atoms with E-state index in [2.05, 4.69) is 19.2 Å². The molecule has 17 heavy (non-hydrogen) atoms. The van der Waals surface area contributed by atoms with Gasteiger partial charge in [-0.2, -0.15) is 0 Å². The van der Waals surface area contributed by atoms with Gasteiger partial charge in [-0.15, -0.1) is 0 Å². The molecule has 0 spiro atoms. The highest BCUT2D eigenvalue weighted by molar-refractivity contribution is 5.94. The Hall–Kier alpha value is -1.35. The molecule has 1 aliphatic rings. The van der Waals surface area contributed by atoms with Crippen LogP contribution in [0.2, 0.25) is 0 Å². The predicted octanol–water partition coefficient (Wildman–Crippen LogP) is 2.19. The van der Waals surface area contributed by atoms with Crippen molar-refractivity contribution in [2.75, 3.05) is 7.05 Å². The third kappa shape index (κ3) is 2.20. The Bertz CT molecular complexity index is 452. The summed E-state index contributed by atoms with van der Waals surface area (Å²) >= 11 is 0. The van der Waals surface area contributed by atoms with Gasteiger partial charge in [-0.05, 0) is 58.0 Å². The van der Waals surface area contributed by atoms with Gasteiger partial charge in [0.2, 0.25) is 0 Å². The number of ketones is 1. The van der Waals surface area contributed by atoms with Gasteiger partial charge in [0, 0.05) is 5.56 Å². The van der Waals surface area contributed by atoms with E-state index in [1.165, 1.54) is 0 Å². The number of carbonyl (C=O) groups is 1. The molecule has 3 heteroatoms. The zero-order chi connectivity index (χ0) is 12.6. The van der Waals surface area contributed by atoms with Crippen LogP contribution in [0.3, 0.4) is 0 Å². The van der Waals surface area contributed by atoms with Gasteiger partial charge >= 0.3 is 0 Å². The van der Waals surface area contributed by atoms with Crippen molar-refractivity contribution in [3.8, 4) is 5.75 Å². The van der Waals surface area contributed by atoms with Crippen LogP contribution in [-0.2, 0) is 6.42 Å². The molecule has 2 rings (SSSR count). The van der Waals surface area contributed by atoms with Crippen LogP contribution in [0.15, 0.2) is 18.2 Å². The first kappa shape index (κ1) is 12.1. The molecule has 0 radical (unpaired) electrons. The molecule has 1 aromatic rings. The van der Waals surface area contributed by atoms with Crippen molar-refractivity contribution in [1.82, 2.24) is 5.32 Å². The van der Waals surface area contributed by atoms with E-state index in [1.807, 2.05) is 25.2 Å². The molecular weight excluding hydrogens is 214 g/mol. The summed E-state index contributed by atoms with van der Waals surface area (Å²) in [6, 6.07) is 5.94. The fourth-order valence-electron chi connectivity index (χ4n) is 2.33. The Morgan fingerprint density at radius 3 is 2.76 bits per heavy atom. The number of ether oxygens (including phenoxy) is 1. The van der Waals surface area contributed by atoms with Crippen molar-refractivity contribution in [2.45, 2.75) is 38.8 Å². The Morgan fingerprint density at radius 2 is 2.18 bits per heavy atom. The molecule has 0 aliphatic carbocycles. The van der Waals surface area contributed by atoms with Crippen molar-refractivity contribution in [1.29, 1.82) is 0 Å². The lowest BCUT2D eigenvalue weighted by atomic mass is 9.88. The predicted molar refractivity (Wildman–Crippen MR) is 67.7 cm³/mol. The number of Topliss-reactive ketones (excluding diaryl/α,β-unsaturated/α-hetero) is 1. The van der Waals surface area contributed by atoms with Crippen LogP contribution >= 0.6 is 0 Å². The quantitative estimate of drug-likeness (QED) is 0.796. The second-order valence-corrected chi connectivity index (χ2v) is 5.13. The van der Waals surface area contributed by atoms with Crippen LogP contribution < -0.4 is 10.1 Å². The van der Waals surface area contributed by atoms with E-state index in [1.54, 1.807) is 6.92 Å². The molecule has 1 N–H and O–H groups in total. The molecule has 0 bridgehead atoms. The van der Waals surface area contributed by atoms with Crippen molar-refractivity contribution in [2.24, 2.45) is 0 Å². The van der Waals surface area contributed by atoms with Crippen molar-refractivity contribution >= 4 is 5.78 Å². The summed E-state index contributed by atoms with van der Waals surface area (Å²) in [7, 11) is 1.94. The molecule has 1 heterocycles. The molecule has 0 amide bonds. The average Bonchev–Trinajstić information content (AvgIpc) is 2.26.